The molecule has 0 bridgehead atoms. The SMILES string of the molecule is O=C(O)c1ccc(N=Cc2cccs2)cc1. The van der Waals surface area contributed by atoms with Crippen molar-refractivity contribution in [3.8, 4) is 0 Å². The van der Waals surface area contributed by atoms with Crippen LogP contribution < -0.4 is 0 Å². The number of carboxylic acids is 1. The van der Waals surface area contributed by atoms with Crippen molar-refractivity contribution in [2.75, 3.05) is 0 Å². The highest BCUT2D eigenvalue weighted by Crippen LogP contribution is 2.14. The number of hydrogen-bond donors (Lipinski definition) is 1. The number of carbonyl (C=O) groups is 1. The van der Waals surface area contributed by atoms with Gasteiger partial charge in [-0.1, -0.05) is 6.07 Å². The molecular formula is C12H9NO2S. The molecule has 2 rings (SSSR count). The van der Waals surface area contributed by atoms with Crippen LogP contribution in [0.15, 0.2) is 46.8 Å². The van der Waals surface area contributed by atoms with Gasteiger partial charge in [0, 0.05) is 11.1 Å². The Morgan fingerprint density at radius 3 is 2.56 bits per heavy atom. The predicted octanol–water partition coefficient (Wildman–Crippen LogP) is 3.20. The van der Waals surface area contributed by atoms with Gasteiger partial charge in [0.05, 0.1) is 11.3 Å². The van der Waals surface area contributed by atoms with Crippen molar-refractivity contribution < 1.29 is 9.90 Å². The van der Waals surface area contributed by atoms with Gasteiger partial charge in [-0.15, -0.1) is 11.3 Å². The molecule has 2 aromatic rings. The summed E-state index contributed by atoms with van der Waals surface area (Å²) in [7, 11) is 0. The molecule has 0 saturated carbocycles. The van der Waals surface area contributed by atoms with Crippen LogP contribution in [0.1, 0.15) is 15.2 Å². The normalized spacial score (nSPS) is 10.8. The van der Waals surface area contributed by atoms with E-state index in [0.717, 1.165) is 10.6 Å². The number of nitrogens with zero attached hydrogens (tertiary/aromatic N) is 1. The molecule has 1 N–H and O–H groups in total. The number of thiophene rings is 1. The van der Waals surface area contributed by atoms with Crippen LogP contribution in [-0.4, -0.2) is 17.3 Å². The summed E-state index contributed by atoms with van der Waals surface area (Å²) in [6.45, 7) is 0. The monoisotopic (exact) mass is 231 g/mol. The molecule has 80 valence electrons. The standard InChI is InChI=1S/C12H9NO2S/c14-12(15)9-3-5-10(6-4-9)13-8-11-2-1-7-16-11/h1-8H,(H,14,15). The highest BCUT2D eigenvalue weighted by molar-refractivity contribution is 7.11. The third kappa shape index (κ3) is 2.55. The van der Waals surface area contributed by atoms with Crippen LogP contribution in [0.25, 0.3) is 0 Å². The summed E-state index contributed by atoms with van der Waals surface area (Å²) in [4.78, 5) is 15.9. The average Bonchev–Trinajstić information content (AvgIpc) is 2.80. The highest BCUT2D eigenvalue weighted by Gasteiger charge is 2.00. The van der Waals surface area contributed by atoms with E-state index < -0.39 is 5.97 Å². The molecule has 1 heterocycles. The summed E-state index contributed by atoms with van der Waals surface area (Å²) in [5.74, 6) is -0.922. The summed E-state index contributed by atoms with van der Waals surface area (Å²) < 4.78 is 0. The van der Waals surface area contributed by atoms with Gasteiger partial charge in [0.25, 0.3) is 0 Å². The Labute approximate surface area is 96.7 Å². The summed E-state index contributed by atoms with van der Waals surface area (Å²) in [5, 5.41) is 10.7. The lowest BCUT2D eigenvalue weighted by atomic mass is 10.2. The number of hydrogen-bond acceptors (Lipinski definition) is 3. The van der Waals surface area contributed by atoms with Gasteiger partial charge in [-0.25, -0.2) is 4.79 Å². The topological polar surface area (TPSA) is 49.7 Å². The van der Waals surface area contributed by atoms with Crippen LogP contribution in [-0.2, 0) is 0 Å². The van der Waals surface area contributed by atoms with Crippen LogP contribution in [0.3, 0.4) is 0 Å². The molecule has 0 spiro atoms. The quantitative estimate of drug-likeness (QED) is 0.825. The lowest BCUT2D eigenvalue weighted by Crippen LogP contribution is -1.94. The summed E-state index contributed by atoms with van der Waals surface area (Å²) >= 11 is 1.61. The molecule has 1 aromatic carbocycles. The van der Waals surface area contributed by atoms with Crippen LogP contribution in [0.2, 0.25) is 0 Å². The van der Waals surface area contributed by atoms with Gasteiger partial charge in [0.2, 0.25) is 0 Å². The Morgan fingerprint density at radius 2 is 2.00 bits per heavy atom. The van der Waals surface area contributed by atoms with Gasteiger partial charge in [-0.3, -0.25) is 4.99 Å². The Balaban J connectivity index is 2.14. The van der Waals surface area contributed by atoms with E-state index >= 15 is 0 Å². The predicted molar refractivity (Wildman–Crippen MR) is 65.0 cm³/mol. The third-order valence-corrected chi connectivity index (χ3v) is 2.81. The van der Waals surface area contributed by atoms with Crippen molar-refractivity contribution in [1.29, 1.82) is 0 Å². The molecule has 0 aliphatic rings. The van der Waals surface area contributed by atoms with E-state index in [1.165, 1.54) is 0 Å². The Hall–Kier alpha value is -1.94. The number of aromatic carboxylic acids is 1. The smallest absolute Gasteiger partial charge is 0.335 e. The fourth-order valence-corrected chi connectivity index (χ4v) is 1.78. The maximum absolute atomic E-state index is 10.6. The second-order valence-electron chi connectivity index (χ2n) is 3.13. The zero-order valence-corrected chi connectivity index (χ0v) is 9.15. The molecule has 0 unspecified atom stereocenters. The molecule has 0 aliphatic carbocycles. The fraction of sp³-hybridized carbons (Fsp3) is 0. The molecule has 0 radical (unpaired) electrons. The molecule has 4 heteroatoms. The second-order valence-corrected chi connectivity index (χ2v) is 4.10. The molecule has 0 fully saturated rings. The van der Waals surface area contributed by atoms with Gasteiger partial charge in [-0.05, 0) is 35.7 Å². The first-order chi connectivity index (χ1) is 7.75. The minimum atomic E-state index is -0.922. The van der Waals surface area contributed by atoms with Crippen LogP contribution in [0.4, 0.5) is 5.69 Å². The van der Waals surface area contributed by atoms with Crippen LogP contribution in [0, 0.1) is 0 Å². The van der Waals surface area contributed by atoms with Gasteiger partial charge >= 0.3 is 5.97 Å². The second kappa shape index (κ2) is 4.72. The van der Waals surface area contributed by atoms with E-state index in [4.69, 9.17) is 5.11 Å². The van der Waals surface area contributed by atoms with E-state index in [-0.39, 0.29) is 5.56 Å². The maximum Gasteiger partial charge on any atom is 0.335 e. The molecule has 0 amide bonds. The minimum absolute atomic E-state index is 0.273. The lowest BCUT2D eigenvalue weighted by Gasteiger charge is -1.94. The van der Waals surface area contributed by atoms with Gasteiger partial charge < -0.3 is 5.11 Å². The molecule has 3 nitrogen and oxygen atoms in total. The van der Waals surface area contributed by atoms with Crippen molar-refractivity contribution in [2.24, 2.45) is 4.99 Å². The van der Waals surface area contributed by atoms with E-state index in [2.05, 4.69) is 4.99 Å². The summed E-state index contributed by atoms with van der Waals surface area (Å²) in [6, 6.07) is 10.4. The number of aliphatic imine (C=N–C) groups is 1. The van der Waals surface area contributed by atoms with Crippen molar-refractivity contribution in [2.45, 2.75) is 0 Å². The fourth-order valence-electron chi connectivity index (χ4n) is 1.19. The third-order valence-electron chi connectivity index (χ3n) is 2.00. The Kier molecular flexibility index (Phi) is 3.12. The Bertz CT molecular complexity index is 500. The summed E-state index contributed by atoms with van der Waals surface area (Å²) in [5.41, 5.74) is 1.02. The van der Waals surface area contributed by atoms with Crippen LogP contribution >= 0.6 is 11.3 Å². The van der Waals surface area contributed by atoms with E-state index in [0.29, 0.717) is 0 Å². The average molecular weight is 231 g/mol. The first kappa shape index (κ1) is 10.6. The summed E-state index contributed by atoms with van der Waals surface area (Å²) in [6.07, 6.45) is 1.76. The molecule has 16 heavy (non-hydrogen) atoms. The minimum Gasteiger partial charge on any atom is -0.478 e. The lowest BCUT2D eigenvalue weighted by molar-refractivity contribution is 0.0697. The van der Waals surface area contributed by atoms with Gasteiger partial charge in [-0.2, -0.15) is 0 Å². The van der Waals surface area contributed by atoms with Gasteiger partial charge in [0.1, 0.15) is 0 Å². The van der Waals surface area contributed by atoms with E-state index in [1.54, 1.807) is 41.8 Å². The van der Waals surface area contributed by atoms with Crippen molar-refractivity contribution in [3.63, 3.8) is 0 Å². The van der Waals surface area contributed by atoms with Gasteiger partial charge in [0.15, 0.2) is 0 Å². The number of rotatable bonds is 3. The molecular weight excluding hydrogens is 222 g/mol. The van der Waals surface area contributed by atoms with E-state index in [1.807, 2.05) is 17.5 Å². The molecule has 0 saturated heterocycles. The van der Waals surface area contributed by atoms with Crippen molar-refractivity contribution in [1.82, 2.24) is 0 Å². The number of benzene rings is 1. The molecule has 0 atom stereocenters. The number of carboxylic acid groups (broad SMARTS) is 1. The van der Waals surface area contributed by atoms with Crippen molar-refractivity contribution in [3.05, 3.63) is 52.2 Å². The largest absolute Gasteiger partial charge is 0.478 e. The zero-order chi connectivity index (χ0) is 11.4. The maximum atomic E-state index is 10.6. The van der Waals surface area contributed by atoms with E-state index in [9.17, 15) is 4.79 Å². The first-order valence-corrected chi connectivity index (χ1v) is 5.54. The Morgan fingerprint density at radius 1 is 1.25 bits per heavy atom. The van der Waals surface area contributed by atoms with Crippen molar-refractivity contribution >= 4 is 29.2 Å². The molecule has 1 aromatic heterocycles. The first-order valence-electron chi connectivity index (χ1n) is 4.66. The molecule has 0 aliphatic heterocycles. The van der Waals surface area contributed by atoms with Crippen LogP contribution in [0.5, 0.6) is 0 Å². The highest BCUT2D eigenvalue weighted by atomic mass is 32.1. The zero-order valence-electron chi connectivity index (χ0n) is 8.33.